The molecule has 4 nitrogen and oxygen atoms in total. The lowest BCUT2D eigenvalue weighted by atomic mass is 10.1. The summed E-state index contributed by atoms with van der Waals surface area (Å²) in [4.78, 5) is 13.3. The summed E-state index contributed by atoms with van der Waals surface area (Å²) >= 11 is 1.94. The number of hydrogen-bond acceptors (Lipinski definition) is 3. The number of rotatable bonds is 2. The first-order valence-corrected chi connectivity index (χ1v) is 6.70. The zero-order valence-electron chi connectivity index (χ0n) is 9.91. The molecule has 1 aliphatic rings. The van der Waals surface area contributed by atoms with Gasteiger partial charge < -0.3 is 15.3 Å². The predicted octanol–water partition coefficient (Wildman–Crippen LogP) is 1.76. The number of nitrogens with zero attached hydrogens (tertiary/aromatic N) is 1. The molecule has 1 fully saturated rings. The molecule has 18 heavy (non-hydrogen) atoms. The third-order valence-electron chi connectivity index (χ3n) is 3.08. The average molecular weight is 364 g/mol. The van der Waals surface area contributed by atoms with Crippen LogP contribution in [0.4, 0.5) is 10.1 Å². The van der Waals surface area contributed by atoms with Crippen molar-refractivity contribution in [3.63, 3.8) is 0 Å². The molecule has 0 bridgehead atoms. The molecule has 98 valence electrons. The second-order valence-electron chi connectivity index (χ2n) is 4.32. The Labute approximate surface area is 118 Å². The van der Waals surface area contributed by atoms with Gasteiger partial charge in [0, 0.05) is 25.3 Å². The molecular formula is C12H14FIN2O2. The van der Waals surface area contributed by atoms with Crippen LogP contribution in [-0.4, -0.2) is 34.3 Å². The van der Waals surface area contributed by atoms with Crippen LogP contribution in [0, 0.1) is 12.7 Å². The number of carboxylic acid groups (broad SMARTS) is 1. The Morgan fingerprint density at radius 1 is 1.61 bits per heavy atom. The van der Waals surface area contributed by atoms with Gasteiger partial charge in [-0.15, -0.1) is 0 Å². The molecule has 1 heterocycles. The van der Waals surface area contributed by atoms with Gasteiger partial charge in [-0.3, -0.25) is 0 Å². The van der Waals surface area contributed by atoms with Gasteiger partial charge in [0.1, 0.15) is 5.82 Å². The highest BCUT2D eigenvalue weighted by Crippen LogP contribution is 2.33. The molecule has 1 saturated heterocycles. The van der Waals surface area contributed by atoms with E-state index >= 15 is 0 Å². The maximum atomic E-state index is 13.1. The second kappa shape index (κ2) is 5.00. The van der Waals surface area contributed by atoms with Crippen LogP contribution >= 0.6 is 22.6 Å². The minimum Gasteiger partial charge on any atom is -0.479 e. The quantitative estimate of drug-likeness (QED) is 0.477. The van der Waals surface area contributed by atoms with Crippen LogP contribution in [0.5, 0.6) is 0 Å². The summed E-state index contributed by atoms with van der Waals surface area (Å²) in [6, 6.07) is 4.44. The van der Waals surface area contributed by atoms with Crippen LogP contribution in [0.15, 0.2) is 18.2 Å². The molecule has 0 aromatic heterocycles. The first kappa shape index (κ1) is 13.5. The molecule has 1 atom stereocenters. The smallest absolute Gasteiger partial charge is 0.341 e. The Kier molecular flexibility index (Phi) is 3.76. The predicted molar refractivity (Wildman–Crippen MR) is 75.7 cm³/mol. The van der Waals surface area contributed by atoms with Crippen LogP contribution in [-0.2, 0) is 4.79 Å². The number of piperazine rings is 1. The van der Waals surface area contributed by atoms with Crippen LogP contribution < -0.4 is 10.2 Å². The van der Waals surface area contributed by atoms with E-state index in [1.54, 1.807) is 13.0 Å². The number of carboxylic acids is 1. The van der Waals surface area contributed by atoms with E-state index in [0.717, 1.165) is 17.8 Å². The summed E-state index contributed by atoms with van der Waals surface area (Å²) in [5.41, 5.74) is 1.52. The first-order valence-electron chi connectivity index (χ1n) is 5.62. The highest BCUT2D eigenvalue weighted by atomic mass is 127. The van der Waals surface area contributed by atoms with Crippen molar-refractivity contribution in [1.82, 2.24) is 5.32 Å². The number of aryl methyl sites for hydroxylation is 1. The third-order valence-corrected chi connectivity index (χ3v) is 4.50. The normalized spacial score (nSPS) is 24.1. The largest absolute Gasteiger partial charge is 0.479 e. The molecular weight excluding hydrogens is 350 g/mol. The van der Waals surface area contributed by atoms with E-state index < -0.39 is 9.51 Å². The van der Waals surface area contributed by atoms with Crippen LogP contribution in [0.25, 0.3) is 0 Å². The monoisotopic (exact) mass is 364 g/mol. The van der Waals surface area contributed by atoms with E-state index in [9.17, 15) is 14.3 Å². The zero-order valence-corrected chi connectivity index (χ0v) is 12.1. The first-order chi connectivity index (χ1) is 8.45. The molecule has 1 aliphatic heterocycles. The molecule has 0 aliphatic carbocycles. The lowest BCUT2D eigenvalue weighted by molar-refractivity contribution is -0.139. The van der Waals surface area contributed by atoms with Crippen molar-refractivity contribution in [2.75, 3.05) is 24.5 Å². The number of anilines is 1. The number of hydrogen-bond donors (Lipinski definition) is 2. The van der Waals surface area contributed by atoms with Crippen molar-refractivity contribution in [3.8, 4) is 0 Å². The van der Waals surface area contributed by atoms with Crippen molar-refractivity contribution in [2.45, 2.75) is 10.5 Å². The summed E-state index contributed by atoms with van der Waals surface area (Å²) in [7, 11) is 0. The Balaban J connectivity index is 2.43. The van der Waals surface area contributed by atoms with E-state index in [1.165, 1.54) is 12.1 Å². The van der Waals surface area contributed by atoms with Gasteiger partial charge in [0.25, 0.3) is 0 Å². The van der Waals surface area contributed by atoms with Gasteiger partial charge in [-0.05, 0) is 53.3 Å². The Morgan fingerprint density at radius 3 is 2.94 bits per heavy atom. The second-order valence-corrected chi connectivity index (χ2v) is 6.11. The standard InChI is InChI=1S/C12H14FIN2O2/c1-8-6-9(13)2-3-10(8)16-5-4-15-7-12(16,14)11(17)18/h2-3,6,15H,4-5,7H2,1H3,(H,17,18). The molecule has 0 saturated carbocycles. The summed E-state index contributed by atoms with van der Waals surface area (Å²) in [5, 5.41) is 12.5. The highest BCUT2D eigenvalue weighted by molar-refractivity contribution is 14.1. The Bertz CT molecular complexity index is 483. The van der Waals surface area contributed by atoms with Crippen molar-refractivity contribution in [2.24, 2.45) is 0 Å². The van der Waals surface area contributed by atoms with Crippen LogP contribution in [0.1, 0.15) is 5.56 Å². The summed E-state index contributed by atoms with van der Waals surface area (Å²) in [5.74, 6) is -1.19. The van der Waals surface area contributed by atoms with Gasteiger partial charge in [-0.2, -0.15) is 0 Å². The van der Waals surface area contributed by atoms with Gasteiger partial charge in [-0.1, -0.05) is 0 Å². The molecule has 2 N–H and O–H groups in total. The number of alkyl halides is 1. The minimum atomic E-state index is -1.03. The van der Waals surface area contributed by atoms with E-state index in [4.69, 9.17) is 0 Å². The molecule has 1 aromatic rings. The van der Waals surface area contributed by atoms with Gasteiger partial charge >= 0.3 is 5.97 Å². The minimum absolute atomic E-state index is 0.305. The zero-order chi connectivity index (χ0) is 13.3. The molecule has 1 unspecified atom stereocenters. The van der Waals surface area contributed by atoms with E-state index in [-0.39, 0.29) is 5.82 Å². The summed E-state index contributed by atoms with van der Waals surface area (Å²) in [6.45, 7) is 3.45. The van der Waals surface area contributed by atoms with Gasteiger partial charge in [0.2, 0.25) is 3.55 Å². The number of nitrogens with one attached hydrogen (secondary N) is 1. The molecule has 0 spiro atoms. The molecule has 6 heteroatoms. The lowest BCUT2D eigenvalue weighted by Crippen LogP contribution is -2.62. The van der Waals surface area contributed by atoms with Crippen molar-refractivity contribution >= 4 is 34.2 Å². The summed E-state index contributed by atoms with van der Waals surface area (Å²) in [6.07, 6.45) is 0. The fourth-order valence-corrected chi connectivity index (χ4v) is 2.91. The SMILES string of the molecule is Cc1cc(F)ccc1N1CCNCC1(I)C(=O)O. The van der Waals surface area contributed by atoms with E-state index in [2.05, 4.69) is 5.32 Å². The number of carbonyl (C=O) groups is 1. The number of halogens is 2. The third kappa shape index (κ3) is 2.31. The van der Waals surface area contributed by atoms with Crippen molar-refractivity contribution in [3.05, 3.63) is 29.6 Å². The van der Waals surface area contributed by atoms with Crippen LogP contribution in [0.3, 0.4) is 0 Å². The Morgan fingerprint density at radius 2 is 2.33 bits per heavy atom. The fraction of sp³-hybridized carbons (Fsp3) is 0.417. The van der Waals surface area contributed by atoms with Crippen molar-refractivity contribution < 1.29 is 14.3 Å². The van der Waals surface area contributed by atoms with E-state index in [1.807, 2.05) is 27.5 Å². The van der Waals surface area contributed by atoms with E-state index in [0.29, 0.717) is 13.1 Å². The fourth-order valence-electron chi connectivity index (χ4n) is 2.14. The number of aliphatic carboxylic acids is 1. The molecule has 1 aromatic carbocycles. The summed E-state index contributed by atoms with van der Waals surface area (Å²) < 4.78 is 12.1. The highest BCUT2D eigenvalue weighted by Gasteiger charge is 2.44. The van der Waals surface area contributed by atoms with Crippen molar-refractivity contribution in [1.29, 1.82) is 0 Å². The van der Waals surface area contributed by atoms with Gasteiger partial charge in [0.05, 0.1) is 0 Å². The maximum absolute atomic E-state index is 13.1. The Hall–Kier alpha value is -0.890. The van der Waals surface area contributed by atoms with Gasteiger partial charge in [-0.25, -0.2) is 9.18 Å². The number of benzene rings is 1. The maximum Gasteiger partial charge on any atom is 0.341 e. The average Bonchev–Trinajstić information content (AvgIpc) is 2.30. The lowest BCUT2D eigenvalue weighted by Gasteiger charge is -2.42. The van der Waals surface area contributed by atoms with Crippen LogP contribution in [0.2, 0.25) is 0 Å². The van der Waals surface area contributed by atoms with Gasteiger partial charge in [0.15, 0.2) is 0 Å². The molecule has 0 amide bonds. The topological polar surface area (TPSA) is 52.6 Å². The molecule has 0 radical (unpaired) electrons. The molecule has 2 rings (SSSR count).